The minimum Gasteiger partial charge on any atom is -0.381 e. The van der Waals surface area contributed by atoms with Crippen molar-refractivity contribution < 1.29 is 17.5 Å². The highest BCUT2D eigenvalue weighted by molar-refractivity contribution is 7.89. The average Bonchev–Trinajstić information content (AvgIpc) is 2.47. The summed E-state index contributed by atoms with van der Waals surface area (Å²) in [5, 5.41) is 0. The van der Waals surface area contributed by atoms with Crippen LogP contribution in [-0.2, 0) is 21.3 Å². The minimum atomic E-state index is -3.84. The summed E-state index contributed by atoms with van der Waals surface area (Å²) >= 11 is 0. The van der Waals surface area contributed by atoms with Crippen LogP contribution in [0, 0.1) is 11.7 Å². The van der Waals surface area contributed by atoms with Crippen LogP contribution in [0.1, 0.15) is 18.4 Å². The SMILES string of the molecule is NCc1ccc(F)c(S(=O)(=O)NCC2CCOCC2)c1. The predicted molar refractivity (Wildman–Crippen MR) is 73.0 cm³/mol. The number of benzene rings is 1. The monoisotopic (exact) mass is 302 g/mol. The first-order valence-electron chi connectivity index (χ1n) is 6.59. The second kappa shape index (κ2) is 6.62. The summed E-state index contributed by atoms with van der Waals surface area (Å²) < 4.78 is 45.7. The van der Waals surface area contributed by atoms with Gasteiger partial charge in [0.25, 0.3) is 0 Å². The second-order valence-electron chi connectivity index (χ2n) is 4.88. The van der Waals surface area contributed by atoms with Crippen molar-refractivity contribution in [3.63, 3.8) is 0 Å². The van der Waals surface area contributed by atoms with E-state index in [9.17, 15) is 12.8 Å². The summed E-state index contributed by atoms with van der Waals surface area (Å²) in [7, 11) is -3.84. The van der Waals surface area contributed by atoms with E-state index in [-0.39, 0.29) is 17.4 Å². The van der Waals surface area contributed by atoms with Gasteiger partial charge in [0.05, 0.1) is 0 Å². The van der Waals surface area contributed by atoms with Crippen molar-refractivity contribution in [2.45, 2.75) is 24.3 Å². The Balaban J connectivity index is 2.09. The van der Waals surface area contributed by atoms with Gasteiger partial charge in [-0.25, -0.2) is 17.5 Å². The highest BCUT2D eigenvalue weighted by Gasteiger charge is 2.22. The van der Waals surface area contributed by atoms with Crippen LogP contribution < -0.4 is 10.5 Å². The van der Waals surface area contributed by atoms with E-state index in [0.717, 1.165) is 18.9 Å². The standard InChI is InChI=1S/C13H19FN2O3S/c14-12-2-1-11(8-15)7-13(12)20(17,18)16-9-10-3-5-19-6-4-10/h1-2,7,10,16H,3-6,8-9,15H2. The maximum Gasteiger partial charge on any atom is 0.243 e. The van der Waals surface area contributed by atoms with Gasteiger partial charge in [-0.1, -0.05) is 6.07 Å². The summed E-state index contributed by atoms with van der Waals surface area (Å²) in [4.78, 5) is -0.340. The van der Waals surface area contributed by atoms with Crippen LogP contribution in [0.3, 0.4) is 0 Å². The quantitative estimate of drug-likeness (QED) is 0.850. The van der Waals surface area contributed by atoms with Gasteiger partial charge in [0.1, 0.15) is 10.7 Å². The lowest BCUT2D eigenvalue weighted by atomic mass is 10.0. The summed E-state index contributed by atoms with van der Waals surface area (Å²) in [5.41, 5.74) is 6.03. The molecule has 0 unspecified atom stereocenters. The molecule has 2 rings (SSSR count). The number of nitrogens with two attached hydrogens (primary N) is 1. The van der Waals surface area contributed by atoms with Crippen LogP contribution in [-0.4, -0.2) is 28.2 Å². The maximum atomic E-state index is 13.7. The second-order valence-corrected chi connectivity index (χ2v) is 6.61. The van der Waals surface area contributed by atoms with Gasteiger partial charge >= 0.3 is 0 Å². The van der Waals surface area contributed by atoms with E-state index in [1.807, 2.05) is 0 Å². The molecule has 7 heteroatoms. The molecule has 1 saturated heterocycles. The fraction of sp³-hybridized carbons (Fsp3) is 0.538. The lowest BCUT2D eigenvalue weighted by molar-refractivity contribution is 0.0678. The van der Waals surface area contributed by atoms with Crippen LogP contribution >= 0.6 is 0 Å². The van der Waals surface area contributed by atoms with Gasteiger partial charge in [0, 0.05) is 26.3 Å². The van der Waals surface area contributed by atoms with Gasteiger partial charge < -0.3 is 10.5 Å². The largest absolute Gasteiger partial charge is 0.381 e. The molecule has 1 aliphatic heterocycles. The lowest BCUT2D eigenvalue weighted by Crippen LogP contribution is -2.32. The Morgan fingerprint density at radius 1 is 1.35 bits per heavy atom. The molecule has 1 aliphatic rings. The Labute approximate surface area is 118 Å². The Morgan fingerprint density at radius 3 is 2.70 bits per heavy atom. The molecule has 20 heavy (non-hydrogen) atoms. The van der Waals surface area contributed by atoms with Crippen LogP contribution in [0.4, 0.5) is 4.39 Å². The first-order chi connectivity index (χ1) is 9.53. The molecule has 5 nitrogen and oxygen atoms in total. The fourth-order valence-corrected chi connectivity index (χ4v) is 3.38. The molecule has 1 aromatic rings. The van der Waals surface area contributed by atoms with Gasteiger partial charge in [-0.15, -0.1) is 0 Å². The Hall–Kier alpha value is -1.02. The Kier molecular flexibility index (Phi) is 5.09. The van der Waals surface area contributed by atoms with Crippen LogP contribution in [0.5, 0.6) is 0 Å². The van der Waals surface area contributed by atoms with Crippen molar-refractivity contribution in [1.29, 1.82) is 0 Å². The lowest BCUT2D eigenvalue weighted by Gasteiger charge is -2.22. The number of hydrogen-bond donors (Lipinski definition) is 2. The third-order valence-corrected chi connectivity index (χ3v) is 4.86. The van der Waals surface area contributed by atoms with Crippen molar-refractivity contribution in [3.05, 3.63) is 29.6 Å². The first-order valence-corrected chi connectivity index (χ1v) is 8.07. The zero-order valence-electron chi connectivity index (χ0n) is 11.1. The molecule has 0 atom stereocenters. The van der Waals surface area contributed by atoms with Gasteiger partial charge in [-0.2, -0.15) is 0 Å². The van der Waals surface area contributed by atoms with E-state index in [2.05, 4.69) is 4.72 Å². The van der Waals surface area contributed by atoms with E-state index in [0.29, 0.717) is 25.3 Å². The summed E-state index contributed by atoms with van der Waals surface area (Å²) in [6.45, 7) is 1.76. The zero-order valence-corrected chi connectivity index (χ0v) is 12.0. The first kappa shape index (κ1) is 15.4. The van der Waals surface area contributed by atoms with Gasteiger partial charge in [0.15, 0.2) is 0 Å². The highest BCUT2D eigenvalue weighted by Crippen LogP contribution is 2.18. The van der Waals surface area contributed by atoms with Crippen molar-refractivity contribution in [2.75, 3.05) is 19.8 Å². The summed E-state index contributed by atoms with van der Waals surface area (Å²) in [5.74, 6) is -0.527. The topological polar surface area (TPSA) is 81.4 Å². The molecule has 0 amide bonds. The van der Waals surface area contributed by atoms with E-state index in [4.69, 9.17) is 10.5 Å². The number of hydrogen-bond acceptors (Lipinski definition) is 4. The molecular formula is C13H19FN2O3S. The number of halogens is 1. The molecule has 3 N–H and O–H groups in total. The van der Waals surface area contributed by atoms with E-state index < -0.39 is 15.8 Å². The highest BCUT2D eigenvalue weighted by atomic mass is 32.2. The normalized spacial score (nSPS) is 17.3. The molecule has 0 radical (unpaired) electrons. The molecule has 0 saturated carbocycles. The molecule has 1 heterocycles. The minimum absolute atomic E-state index is 0.169. The zero-order chi connectivity index (χ0) is 14.6. The van der Waals surface area contributed by atoms with Crippen LogP contribution in [0.15, 0.2) is 23.1 Å². The fourth-order valence-electron chi connectivity index (χ4n) is 2.14. The Morgan fingerprint density at radius 2 is 2.05 bits per heavy atom. The maximum absolute atomic E-state index is 13.7. The molecule has 0 spiro atoms. The van der Waals surface area contributed by atoms with Crippen LogP contribution in [0.2, 0.25) is 0 Å². The number of sulfonamides is 1. The number of ether oxygens (including phenoxy) is 1. The predicted octanol–water partition coefficient (Wildman–Crippen LogP) is 0.989. The van der Waals surface area contributed by atoms with Crippen molar-refractivity contribution in [1.82, 2.24) is 4.72 Å². The van der Waals surface area contributed by atoms with Gasteiger partial charge in [0.2, 0.25) is 10.0 Å². The molecule has 1 fully saturated rings. The molecule has 112 valence electrons. The molecule has 0 aromatic heterocycles. The molecular weight excluding hydrogens is 283 g/mol. The van der Waals surface area contributed by atoms with Gasteiger partial charge in [-0.3, -0.25) is 0 Å². The Bertz CT molecular complexity index is 557. The molecule has 0 aliphatic carbocycles. The third kappa shape index (κ3) is 3.76. The van der Waals surface area contributed by atoms with Gasteiger partial charge in [-0.05, 0) is 36.5 Å². The third-order valence-electron chi connectivity index (χ3n) is 3.42. The van der Waals surface area contributed by atoms with Crippen molar-refractivity contribution in [3.8, 4) is 0 Å². The van der Waals surface area contributed by atoms with E-state index in [1.54, 1.807) is 0 Å². The van der Waals surface area contributed by atoms with Crippen LogP contribution in [0.25, 0.3) is 0 Å². The molecule has 0 bridgehead atoms. The average molecular weight is 302 g/mol. The summed E-state index contributed by atoms with van der Waals surface area (Å²) in [6, 6.07) is 3.89. The van der Waals surface area contributed by atoms with E-state index >= 15 is 0 Å². The van der Waals surface area contributed by atoms with E-state index in [1.165, 1.54) is 12.1 Å². The smallest absolute Gasteiger partial charge is 0.243 e. The van der Waals surface area contributed by atoms with Crippen molar-refractivity contribution in [2.24, 2.45) is 11.7 Å². The molecule has 1 aromatic carbocycles. The number of rotatable bonds is 5. The summed E-state index contributed by atoms with van der Waals surface area (Å²) in [6.07, 6.45) is 1.63. The van der Waals surface area contributed by atoms with Crippen molar-refractivity contribution >= 4 is 10.0 Å². The number of nitrogens with one attached hydrogen (secondary N) is 1.